The minimum absolute atomic E-state index is 0.610. The number of nitrogens with two attached hydrogens (primary N) is 1. The van der Waals surface area contributed by atoms with E-state index in [1.807, 2.05) is 6.92 Å². The summed E-state index contributed by atoms with van der Waals surface area (Å²) in [6.45, 7) is 7.11. The molecule has 76 valence electrons. The van der Waals surface area contributed by atoms with Crippen LogP contribution >= 0.6 is 0 Å². The molecule has 0 saturated carbocycles. The second-order valence-corrected chi connectivity index (χ2v) is 2.94. The molecule has 13 heavy (non-hydrogen) atoms. The van der Waals surface area contributed by atoms with Crippen molar-refractivity contribution in [1.29, 1.82) is 0 Å². The maximum absolute atomic E-state index is 10.5. The minimum atomic E-state index is -0.969. The molecule has 4 nitrogen and oxygen atoms in total. The zero-order valence-electron chi connectivity index (χ0n) is 8.21. The monoisotopic (exact) mass is 187 g/mol. The zero-order chi connectivity index (χ0) is 10.3. The third kappa shape index (κ3) is 5.11. The van der Waals surface area contributed by atoms with Crippen molar-refractivity contribution >= 4 is 6.09 Å². The summed E-state index contributed by atoms with van der Waals surface area (Å²) in [6.07, 6.45) is 2.92. The Kier molecular flexibility index (Phi) is 4.96. The molecule has 0 saturated heterocycles. The van der Waals surface area contributed by atoms with Gasteiger partial charge in [-0.3, -0.25) is 0 Å². The van der Waals surface area contributed by atoms with Gasteiger partial charge in [-0.25, -0.2) is 4.79 Å². The summed E-state index contributed by atoms with van der Waals surface area (Å²) in [5.74, 6) is -0.969. The first kappa shape index (κ1) is 11.8. The molecular formula is C9H17NO3. The molecule has 0 radical (unpaired) electrons. The SMILES string of the molecule is C=COC(C)(CCCC)OC(N)=O. The van der Waals surface area contributed by atoms with E-state index in [0.29, 0.717) is 6.42 Å². The van der Waals surface area contributed by atoms with Gasteiger partial charge in [0.05, 0.1) is 6.26 Å². The number of carbonyl (C=O) groups is 1. The summed E-state index contributed by atoms with van der Waals surface area (Å²) in [7, 11) is 0. The maximum atomic E-state index is 10.5. The van der Waals surface area contributed by atoms with E-state index in [1.54, 1.807) is 6.92 Å². The van der Waals surface area contributed by atoms with Crippen LogP contribution in [0.25, 0.3) is 0 Å². The number of hydrogen-bond acceptors (Lipinski definition) is 3. The van der Waals surface area contributed by atoms with Gasteiger partial charge in [0.25, 0.3) is 5.79 Å². The van der Waals surface area contributed by atoms with Crippen LogP contribution in [-0.4, -0.2) is 11.9 Å². The van der Waals surface area contributed by atoms with Gasteiger partial charge in [-0.05, 0) is 6.42 Å². The molecule has 2 N–H and O–H groups in total. The number of primary amides is 1. The van der Waals surface area contributed by atoms with Gasteiger partial charge in [0.2, 0.25) is 0 Å². The van der Waals surface area contributed by atoms with Crippen LogP contribution in [0.4, 0.5) is 4.79 Å². The van der Waals surface area contributed by atoms with Crippen molar-refractivity contribution in [1.82, 2.24) is 0 Å². The van der Waals surface area contributed by atoms with Crippen LogP contribution in [0.1, 0.15) is 33.1 Å². The lowest BCUT2D eigenvalue weighted by Crippen LogP contribution is -2.35. The van der Waals surface area contributed by atoms with E-state index in [0.717, 1.165) is 12.8 Å². The maximum Gasteiger partial charge on any atom is 0.407 e. The van der Waals surface area contributed by atoms with Crippen molar-refractivity contribution in [2.24, 2.45) is 5.73 Å². The van der Waals surface area contributed by atoms with Gasteiger partial charge >= 0.3 is 6.09 Å². The number of ether oxygens (including phenoxy) is 2. The van der Waals surface area contributed by atoms with Gasteiger partial charge in [0.15, 0.2) is 0 Å². The van der Waals surface area contributed by atoms with E-state index in [9.17, 15) is 4.79 Å². The zero-order valence-corrected chi connectivity index (χ0v) is 8.21. The van der Waals surface area contributed by atoms with Crippen LogP contribution in [0.15, 0.2) is 12.8 Å². The summed E-state index contributed by atoms with van der Waals surface area (Å²) in [5, 5.41) is 0. The van der Waals surface area contributed by atoms with Gasteiger partial charge in [0, 0.05) is 13.3 Å². The number of amides is 1. The Morgan fingerprint density at radius 2 is 2.31 bits per heavy atom. The molecule has 0 fully saturated rings. The minimum Gasteiger partial charge on any atom is -0.461 e. The van der Waals surface area contributed by atoms with Crippen LogP contribution in [0.2, 0.25) is 0 Å². The van der Waals surface area contributed by atoms with Crippen molar-refractivity contribution in [3.05, 3.63) is 12.8 Å². The smallest absolute Gasteiger partial charge is 0.407 e. The molecule has 1 atom stereocenters. The molecule has 1 amide bonds. The lowest BCUT2D eigenvalue weighted by Gasteiger charge is -2.27. The first-order valence-electron chi connectivity index (χ1n) is 4.31. The summed E-state index contributed by atoms with van der Waals surface area (Å²) < 4.78 is 9.91. The fourth-order valence-electron chi connectivity index (χ4n) is 1.02. The normalized spacial score (nSPS) is 14.3. The van der Waals surface area contributed by atoms with Crippen LogP contribution in [0.3, 0.4) is 0 Å². The number of hydrogen-bond donors (Lipinski definition) is 1. The first-order valence-corrected chi connectivity index (χ1v) is 4.31. The molecule has 0 aliphatic carbocycles. The van der Waals surface area contributed by atoms with E-state index < -0.39 is 11.9 Å². The molecule has 0 aromatic carbocycles. The summed E-state index contributed by atoms with van der Waals surface area (Å²) in [6, 6.07) is 0. The Bertz CT molecular complexity index is 182. The Labute approximate surface area is 78.7 Å². The quantitative estimate of drug-likeness (QED) is 0.512. The molecular weight excluding hydrogens is 170 g/mol. The Hall–Kier alpha value is -1.19. The van der Waals surface area contributed by atoms with E-state index in [1.165, 1.54) is 6.26 Å². The topological polar surface area (TPSA) is 61.6 Å². The van der Waals surface area contributed by atoms with Crippen molar-refractivity contribution in [2.45, 2.75) is 38.9 Å². The van der Waals surface area contributed by atoms with Crippen LogP contribution in [0.5, 0.6) is 0 Å². The molecule has 0 aromatic heterocycles. The predicted molar refractivity (Wildman–Crippen MR) is 49.9 cm³/mol. The van der Waals surface area contributed by atoms with E-state index in [-0.39, 0.29) is 0 Å². The van der Waals surface area contributed by atoms with Gasteiger partial charge in [-0.1, -0.05) is 19.9 Å². The molecule has 0 spiro atoms. The van der Waals surface area contributed by atoms with Gasteiger partial charge in [-0.2, -0.15) is 0 Å². The van der Waals surface area contributed by atoms with Crippen molar-refractivity contribution in [2.75, 3.05) is 0 Å². The third-order valence-corrected chi connectivity index (χ3v) is 1.63. The van der Waals surface area contributed by atoms with Gasteiger partial charge < -0.3 is 15.2 Å². The van der Waals surface area contributed by atoms with Crippen LogP contribution < -0.4 is 5.73 Å². The fourth-order valence-corrected chi connectivity index (χ4v) is 1.02. The lowest BCUT2D eigenvalue weighted by molar-refractivity contribution is -0.156. The second-order valence-electron chi connectivity index (χ2n) is 2.94. The Morgan fingerprint density at radius 3 is 2.69 bits per heavy atom. The average Bonchev–Trinajstić information content (AvgIpc) is 2.00. The second kappa shape index (κ2) is 5.45. The highest BCUT2D eigenvalue weighted by atomic mass is 16.7. The van der Waals surface area contributed by atoms with Crippen molar-refractivity contribution in [3.63, 3.8) is 0 Å². The van der Waals surface area contributed by atoms with E-state index in [2.05, 4.69) is 6.58 Å². The molecule has 0 aliphatic heterocycles. The van der Waals surface area contributed by atoms with Crippen molar-refractivity contribution in [3.8, 4) is 0 Å². The standard InChI is InChI=1S/C9H17NO3/c1-4-6-7-9(3,12-5-2)13-8(10)11/h5H,2,4,6-7H2,1,3H3,(H2,10,11). The van der Waals surface area contributed by atoms with E-state index in [4.69, 9.17) is 15.2 Å². The predicted octanol–water partition coefficient (Wildman–Crippen LogP) is 2.15. The molecule has 0 heterocycles. The van der Waals surface area contributed by atoms with Crippen LogP contribution in [0, 0.1) is 0 Å². The van der Waals surface area contributed by atoms with Gasteiger partial charge in [-0.15, -0.1) is 0 Å². The first-order chi connectivity index (χ1) is 6.04. The molecule has 4 heteroatoms. The molecule has 0 rings (SSSR count). The number of unbranched alkanes of at least 4 members (excludes halogenated alkanes) is 1. The van der Waals surface area contributed by atoms with E-state index >= 15 is 0 Å². The Morgan fingerprint density at radius 1 is 1.69 bits per heavy atom. The van der Waals surface area contributed by atoms with Crippen LogP contribution in [-0.2, 0) is 9.47 Å². The van der Waals surface area contributed by atoms with Gasteiger partial charge in [0.1, 0.15) is 0 Å². The summed E-state index contributed by atoms with van der Waals surface area (Å²) >= 11 is 0. The number of rotatable bonds is 6. The van der Waals surface area contributed by atoms with Crippen molar-refractivity contribution < 1.29 is 14.3 Å². The highest BCUT2D eigenvalue weighted by Crippen LogP contribution is 2.20. The third-order valence-electron chi connectivity index (χ3n) is 1.63. The molecule has 0 aliphatic rings. The highest BCUT2D eigenvalue weighted by Gasteiger charge is 2.27. The summed E-state index contributed by atoms with van der Waals surface area (Å²) in [4.78, 5) is 10.5. The highest BCUT2D eigenvalue weighted by molar-refractivity contribution is 5.65. The number of carbonyl (C=O) groups excluding carboxylic acids is 1. The molecule has 0 bridgehead atoms. The average molecular weight is 187 g/mol. The largest absolute Gasteiger partial charge is 0.461 e. The molecule has 0 aromatic rings. The fraction of sp³-hybridized carbons (Fsp3) is 0.667. The Balaban J connectivity index is 4.14. The molecule has 1 unspecified atom stereocenters. The lowest BCUT2D eigenvalue weighted by atomic mass is 10.1. The summed E-state index contributed by atoms with van der Waals surface area (Å²) in [5.41, 5.74) is 4.91.